The van der Waals surface area contributed by atoms with E-state index in [0.717, 1.165) is 11.4 Å². The van der Waals surface area contributed by atoms with Gasteiger partial charge in [0, 0.05) is 24.8 Å². The molecule has 0 aliphatic heterocycles. The molecule has 3 heterocycles. The van der Waals surface area contributed by atoms with Gasteiger partial charge in [0.1, 0.15) is 12.1 Å². The van der Waals surface area contributed by atoms with E-state index in [0.29, 0.717) is 29.4 Å². The molecule has 0 fully saturated rings. The summed E-state index contributed by atoms with van der Waals surface area (Å²) in [5.41, 5.74) is 1.93. The van der Waals surface area contributed by atoms with Crippen LogP contribution in [0.1, 0.15) is 21.9 Å². The van der Waals surface area contributed by atoms with Crippen LogP contribution in [0.5, 0.6) is 0 Å². The van der Waals surface area contributed by atoms with E-state index >= 15 is 0 Å². The molecule has 0 bridgehead atoms. The van der Waals surface area contributed by atoms with Crippen LogP contribution in [0.3, 0.4) is 0 Å². The minimum absolute atomic E-state index is 0.265. The number of furan rings is 1. The molecule has 130 valence electrons. The van der Waals surface area contributed by atoms with Crippen LogP contribution in [0, 0.1) is 13.8 Å². The summed E-state index contributed by atoms with van der Waals surface area (Å²) in [5, 5.41) is 10.3. The molecule has 0 saturated carbocycles. The first-order chi connectivity index (χ1) is 12.0. The van der Waals surface area contributed by atoms with Gasteiger partial charge in [0.25, 0.3) is 5.91 Å². The Morgan fingerprint density at radius 3 is 2.76 bits per heavy atom. The molecule has 0 spiro atoms. The van der Waals surface area contributed by atoms with Gasteiger partial charge in [-0.1, -0.05) is 0 Å². The highest BCUT2D eigenvalue weighted by atomic mass is 79.9. The lowest BCUT2D eigenvalue weighted by atomic mass is 10.4. The number of rotatable bonds is 6. The van der Waals surface area contributed by atoms with Crippen molar-refractivity contribution in [1.82, 2.24) is 25.1 Å². The normalized spacial score (nSPS) is 10.7. The summed E-state index contributed by atoms with van der Waals surface area (Å²) in [5.74, 6) is 1.35. The molecule has 0 radical (unpaired) electrons. The fourth-order valence-corrected chi connectivity index (χ4v) is 2.62. The number of aryl methyl sites for hydroxylation is 2. The molecule has 3 aromatic heterocycles. The van der Waals surface area contributed by atoms with E-state index in [2.05, 4.69) is 41.6 Å². The third kappa shape index (κ3) is 4.24. The molecular formula is C16H17BrN6O2. The molecular weight excluding hydrogens is 388 g/mol. The highest BCUT2D eigenvalue weighted by Crippen LogP contribution is 2.14. The molecule has 8 nitrogen and oxygen atoms in total. The van der Waals surface area contributed by atoms with Gasteiger partial charge in [0.15, 0.2) is 16.2 Å². The average molecular weight is 405 g/mol. The summed E-state index contributed by atoms with van der Waals surface area (Å²) in [7, 11) is 0. The number of anilines is 1. The quantitative estimate of drug-likeness (QED) is 0.612. The van der Waals surface area contributed by atoms with E-state index in [1.807, 2.05) is 26.0 Å². The Hall–Kier alpha value is -2.68. The van der Waals surface area contributed by atoms with Crippen molar-refractivity contribution in [1.29, 1.82) is 0 Å². The highest BCUT2D eigenvalue weighted by Gasteiger charge is 2.09. The van der Waals surface area contributed by atoms with E-state index in [1.54, 1.807) is 16.8 Å². The SMILES string of the molecule is Cc1cc(C)n(-c2cc(NCCNC(=O)c3ccc(Br)o3)ncn2)n1. The Balaban J connectivity index is 1.54. The standard InChI is InChI=1S/C16H17BrN6O2/c1-10-7-11(2)23(22-10)15-8-14(20-9-21-15)18-5-6-19-16(24)12-3-4-13(17)25-12/h3-4,7-9H,5-6H2,1-2H3,(H,19,24)(H,18,20,21). The van der Waals surface area contributed by atoms with E-state index in [9.17, 15) is 4.79 Å². The summed E-state index contributed by atoms with van der Waals surface area (Å²) in [4.78, 5) is 20.3. The number of carbonyl (C=O) groups is 1. The number of aromatic nitrogens is 4. The van der Waals surface area contributed by atoms with Crippen LogP contribution in [0.15, 0.2) is 39.7 Å². The molecule has 0 aromatic carbocycles. The first kappa shape index (κ1) is 17.2. The molecule has 25 heavy (non-hydrogen) atoms. The average Bonchev–Trinajstić information content (AvgIpc) is 3.17. The monoisotopic (exact) mass is 404 g/mol. The molecule has 0 aliphatic rings. The van der Waals surface area contributed by atoms with Gasteiger partial charge in [0.2, 0.25) is 0 Å². The lowest BCUT2D eigenvalue weighted by Crippen LogP contribution is -2.28. The molecule has 0 atom stereocenters. The van der Waals surface area contributed by atoms with Crippen LogP contribution in [0.25, 0.3) is 5.82 Å². The first-order valence-electron chi connectivity index (χ1n) is 7.66. The van der Waals surface area contributed by atoms with Crippen molar-refractivity contribution < 1.29 is 9.21 Å². The summed E-state index contributed by atoms with van der Waals surface area (Å²) in [6.07, 6.45) is 1.48. The van der Waals surface area contributed by atoms with Crippen molar-refractivity contribution in [2.45, 2.75) is 13.8 Å². The first-order valence-corrected chi connectivity index (χ1v) is 8.45. The Bertz CT molecular complexity index is 888. The van der Waals surface area contributed by atoms with Crippen LogP contribution in [-0.4, -0.2) is 38.7 Å². The largest absolute Gasteiger partial charge is 0.444 e. The maximum atomic E-state index is 11.9. The fourth-order valence-electron chi connectivity index (χ4n) is 2.31. The Morgan fingerprint density at radius 1 is 1.24 bits per heavy atom. The maximum absolute atomic E-state index is 11.9. The van der Waals surface area contributed by atoms with E-state index in [-0.39, 0.29) is 11.7 Å². The van der Waals surface area contributed by atoms with Crippen molar-refractivity contribution in [2.75, 3.05) is 18.4 Å². The number of halogens is 1. The molecule has 0 unspecified atom stereocenters. The molecule has 9 heteroatoms. The second-order valence-corrected chi connectivity index (χ2v) is 6.17. The second kappa shape index (κ2) is 7.47. The van der Waals surface area contributed by atoms with Crippen LogP contribution in [0.4, 0.5) is 5.82 Å². The van der Waals surface area contributed by atoms with Crippen molar-refractivity contribution >= 4 is 27.7 Å². The van der Waals surface area contributed by atoms with E-state index in [4.69, 9.17) is 4.42 Å². The summed E-state index contributed by atoms with van der Waals surface area (Å²) in [6.45, 7) is 4.85. The molecule has 0 aliphatic carbocycles. The van der Waals surface area contributed by atoms with Crippen LogP contribution < -0.4 is 10.6 Å². The third-order valence-corrected chi connectivity index (χ3v) is 3.82. The maximum Gasteiger partial charge on any atom is 0.287 e. The van der Waals surface area contributed by atoms with Gasteiger partial charge in [0.05, 0.1) is 5.69 Å². The molecule has 3 aromatic rings. The Labute approximate surface area is 152 Å². The lowest BCUT2D eigenvalue weighted by Gasteiger charge is -2.08. The summed E-state index contributed by atoms with van der Waals surface area (Å²) < 4.78 is 7.48. The van der Waals surface area contributed by atoms with Crippen LogP contribution >= 0.6 is 15.9 Å². The van der Waals surface area contributed by atoms with Crippen molar-refractivity contribution in [2.24, 2.45) is 0 Å². The van der Waals surface area contributed by atoms with E-state index < -0.39 is 0 Å². The van der Waals surface area contributed by atoms with Gasteiger partial charge in [-0.05, 0) is 48.0 Å². The van der Waals surface area contributed by atoms with Crippen molar-refractivity contribution in [3.05, 3.63) is 52.4 Å². The lowest BCUT2D eigenvalue weighted by molar-refractivity contribution is 0.0926. The zero-order chi connectivity index (χ0) is 17.8. The Morgan fingerprint density at radius 2 is 2.08 bits per heavy atom. The van der Waals surface area contributed by atoms with E-state index in [1.165, 1.54) is 6.33 Å². The molecule has 0 saturated heterocycles. The predicted molar refractivity (Wildman–Crippen MR) is 95.9 cm³/mol. The number of amides is 1. The minimum atomic E-state index is -0.265. The number of carbonyl (C=O) groups excluding carboxylic acids is 1. The fraction of sp³-hybridized carbons (Fsp3) is 0.250. The number of hydrogen-bond acceptors (Lipinski definition) is 6. The molecule has 1 amide bonds. The van der Waals surface area contributed by atoms with Crippen LogP contribution in [0.2, 0.25) is 0 Å². The predicted octanol–water partition coefficient (Wildman–Crippen LogP) is 2.48. The second-order valence-electron chi connectivity index (χ2n) is 5.39. The van der Waals surface area contributed by atoms with Crippen LogP contribution in [-0.2, 0) is 0 Å². The van der Waals surface area contributed by atoms with Gasteiger partial charge >= 0.3 is 0 Å². The van der Waals surface area contributed by atoms with Gasteiger partial charge in [-0.2, -0.15) is 5.10 Å². The third-order valence-electron chi connectivity index (χ3n) is 3.39. The number of nitrogens with one attached hydrogen (secondary N) is 2. The topological polar surface area (TPSA) is 97.9 Å². The zero-order valence-electron chi connectivity index (χ0n) is 13.8. The summed E-state index contributed by atoms with van der Waals surface area (Å²) in [6, 6.07) is 7.08. The van der Waals surface area contributed by atoms with Gasteiger partial charge in [-0.25, -0.2) is 14.6 Å². The number of nitrogens with zero attached hydrogens (tertiary/aromatic N) is 4. The highest BCUT2D eigenvalue weighted by molar-refractivity contribution is 9.10. The van der Waals surface area contributed by atoms with Crippen molar-refractivity contribution in [3.63, 3.8) is 0 Å². The minimum Gasteiger partial charge on any atom is -0.444 e. The molecule has 3 rings (SSSR count). The van der Waals surface area contributed by atoms with Crippen molar-refractivity contribution in [3.8, 4) is 5.82 Å². The summed E-state index contributed by atoms with van der Waals surface area (Å²) >= 11 is 3.17. The van der Waals surface area contributed by atoms with Gasteiger partial charge in [-0.15, -0.1) is 0 Å². The smallest absolute Gasteiger partial charge is 0.287 e. The van der Waals surface area contributed by atoms with Gasteiger partial charge < -0.3 is 15.1 Å². The number of hydrogen-bond donors (Lipinski definition) is 2. The zero-order valence-corrected chi connectivity index (χ0v) is 15.4. The van der Waals surface area contributed by atoms with Gasteiger partial charge in [-0.3, -0.25) is 4.79 Å². The Kier molecular flexibility index (Phi) is 5.13. The molecule has 2 N–H and O–H groups in total.